The molecule has 0 bridgehead atoms. The molecule has 1 rings (SSSR count). The van der Waals surface area contributed by atoms with Crippen LogP contribution in [0.1, 0.15) is 33.6 Å². The molecular weight excluding hydrogens is 136 g/mol. The van der Waals surface area contributed by atoms with E-state index in [1.807, 2.05) is 6.08 Å². The summed E-state index contributed by atoms with van der Waals surface area (Å²) in [7, 11) is 0. The maximum atomic E-state index is 5.84. The van der Waals surface area contributed by atoms with Crippen LogP contribution in [0.4, 0.5) is 0 Å². The van der Waals surface area contributed by atoms with Crippen molar-refractivity contribution in [1.82, 2.24) is 0 Å². The van der Waals surface area contributed by atoms with Gasteiger partial charge in [-0.15, -0.1) is 6.58 Å². The van der Waals surface area contributed by atoms with Crippen molar-refractivity contribution < 1.29 is 4.74 Å². The zero-order valence-electron chi connectivity index (χ0n) is 7.76. The maximum absolute atomic E-state index is 5.84. The Morgan fingerprint density at radius 3 is 2.55 bits per heavy atom. The predicted molar refractivity (Wildman–Crippen MR) is 47.5 cm³/mol. The first-order valence-corrected chi connectivity index (χ1v) is 4.39. The molecule has 1 nitrogen and oxygen atoms in total. The monoisotopic (exact) mass is 154 g/mol. The molecule has 0 aromatic carbocycles. The van der Waals surface area contributed by atoms with Gasteiger partial charge in [0.25, 0.3) is 0 Å². The number of rotatable bonds is 2. The van der Waals surface area contributed by atoms with E-state index < -0.39 is 0 Å². The molecular formula is C10H18O. The van der Waals surface area contributed by atoms with Gasteiger partial charge in [-0.05, 0) is 25.7 Å². The van der Waals surface area contributed by atoms with Crippen LogP contribution in [0.2, 0.25) is 0 Å². The Morgan fingerprint density at radius 2 is 2.27 bits per heavy atom. The summed E-state index contributed by atoms with van der Waals surface area (Å²) in [5.41, 5.74) is -0.0467. The fraction of sp³-hybridized carbons (Fsp3) is 0.800. The molecule has 0 saturated carbocycles. The lowest BCUT2D eigenvalue weighted by Crippen LogP contribution is -2.23. The summed E-state index contributed by atoms with van der Waals surface area (Å²) in [6, 6.07) is 0. The van der Waals surface area contributed by atoms with Gasteiger partial charge in [0.15, 0.2) is 0 Å². The molecule has 1 heteroatoms. The fourth-order valence-corrected chi connectivity index (χ4v) is 1.51. The second-order valence-electron chi connectivity index (χ2n) is 3.96. The van der Waals surface area contributed by atoms with Crippen LogP contribution in [-0.2, 0) is 4.74 Å². The topological polar surface area (TPSA) is 9.23 Å². The zero-order valence-corrected chi connectivity index (χ0v) is 7.76. The first-order valence-electron chi connectivity index (χ1n) is 4.39. The number of hydrogen-bond acceptors (Lipinski definition) is 1. The highest BCUT2D eigenvalue weighted by Gasteiger charge is 2.34. The smallest absolute Gasteiger partial charge is 0.0836 e. The van der Waals surface area contributed by atoms with Crippen molar-refractivity contribution in [3.8, 4) is 0 Å². The van der Waals surface area contributed by atoms with Crippen LogP contribution < -0.4 is 0 Å². The molecule has 0 aromatic heterocycles. The second-order valence-corrected chi connectivity index (χ2v) is 3.96. The summed E-state index contributed by atoms with van der Waals surface area (Å²) in [6.07, 6.45) is 4.67. The van der Waals surface area contributed by atoms with Crippen molar-refractivity contribution in [3.63, 3.8) is 0 Å². The van der Waals surface area contributed by atoms with Crippen LogP contribution in [0.25, 0.3) is 0 Å². The Balaban J connectivity index is 2.52. The predicted octanol–water partition coefficient (Wildman–Crippen LogP) is 2.77. The van der Waals surface area contributed by atoms with Gasteiger partial charge in [0.2, 0.25) is 0 Å². The lowest BCUT2D eigenvalue weighted by atomic mass is 10.00. The van der Waals surface area contributed by atoms with Crippen molar-refractivity contribution in [2.75, 3.05) is 0 Å². The van der Waals surface area contributed by atoms with Crippen LogP contribution in [-0.4, -0.2) is 11.7 Å². The highest BCUT2D eigenvalue weighted by molar-refractivity contribution is 4.98. The summed E-state index contributed by atoms with van der Waals surface area (Å²) in [5.74, 6) is 0.636. The minimum atomic E-state index is -0.0467. The van der Waals surface area contributed by atoms with E-state index in [9.17, 15) is 0 Å². The van der Waals surface area contributed by atoms with E-state index in [0.717, 1.165) is 6.42 Å². The van der Waals surface area contributed by atoms with Crippen LogP contribution in [0.15, 0.2) is 12.7 Å². The Morgan fingerprint density at radius 1 is 1.64 bits per heavy atom. The van der Waals surface area contributed by atoms with Crippen molar-refractivity contribution >= 4 is 0 Å². The Labute approximate surface area is 69.4 Å². The van der Waals surface area contributed by atoms with E-state index in [4.69, 9.17) is 4.74 Å². The summed E-state index contributed by atoms with van der Waals surface area (Å²) in [5, 5.41) is 0. The van der Waals surface area contributed by atoms with Crippen molar-refractivity contribution in [3.05, 3.63) is 12.7 Å². The quantitative estimate of drug-likeness (QED) is 0.556. The molecule has 1 saturated heterocycles. The Hall–Kier alpha value is -0.300. The Bertz CT molecular complexity index is 151. The summed E-state index contributed by atoms with van der Waals surface area (Å²) in [6.45, 7) is 10.3. The fourth-order valence-electron chi connectivity index (χ4n) is 1.51. The molecule has 1 heterocycles. The SMILES string of the molecule is C=CC1(C)CCC(C(C)C)O1. The lowest BCUT2D eigenvalue weighted by molar-refractivity contribution is -0.0160. The van der Waals surface area contributed by atoms with E-state index in [1.165, 1.54) is 6.42 Å². The molecule has 0 spiro atoms. The molecule has 2 unspecified atom stereocenters. The van der Waals surface area contributed by atoms with Gasteiger partial charge in [-0.2, -0.15) is 0 Å². The van der Waals surface area contributed by atoms with Crippen molar-refractivity contribution in [2.45, 2.75) is 45.3 Å². The minimum absolute atomic E-state index is 0.0467. The molecule has 0 N–H and O–H groups in total. The highest BCUT2D eigenvalue weighted by Crippen LogP contribution is 2.33. The van der Waals surface area contributed by atoms with E-state index >= 15 is 0 Å². The van der Waals surface area contributed by atoms with Gasteiger partial charge in [0, 0.05) is 0 Å². The minimum Gasteiger partial charge on any atom is -0.368 e. The molecule has 1 aliphatic rings. The largest absolute Gasteiger partial charge is 0.368 e. The average Bonchev–Trinajstić information content (AvgIpc) is 2.33. The molecule has 1 fully saturated rings. The third kappa shape index (κ3) is 1.84. The molecule has 2 atom stereocenters. The third-order valence-corrected chi connectivity index (χ3v) is 2.52. The molecule has 0 aromatic rings. The number of ether oxygens (including phenoxy) is 1. The number of hydrogen-bond donors (Lipinski definition) is 0. The molecule has 11 heavy (non-hydrogen) atoms. The van der Waals surface area contributed by atoms with Gasteiger partial charge in [-0.3, -0.25) is 0 Å². The Kier molecular flexibility index (Phi) is 2.38. The molecule has 0 radical (unpaired) electrons. The van der Waals surface area contributed by atoms with Crippen LogP contribution in [0.5, 0.6) is 0 Å². The lowest BCUT2D eigenvalue weighted by Gasteiger charge is -2.22. The van der Waals surface area contributed by atoms with E-state index in [2.05, 4.69) is 27.4 Å². The normalized spacial score (nSPS) is 38.0. The van der Waals surface area contributed by atoms with Crippen LogP contribution in [0, 0.1) is 5.92 Å². The summed E-state index contributed by atoms with van der Waals surface area (Å²) >= 11 is 0. The third-order valence-electron chi connectivity index (χ3n) is 2.52. The van der Waals surface area contributed by atoms with Crippen LogP contribution in [0.3, 0.4) is 0 Å². The first kappa shape index (κ1) is 8.79. The summed E-state index contributed by atoms with van der Waals surface area (Å²) < 4.78 is 5.84. The van der Waals surface area contributed by atoms with Gasteiger partial charge in [-0.1, -0.05) is 19.9 Å². The van der Waals surface area contributed by atoms with Crippen molar-refractivity contribution in [1.29, 1.82) is 0 Å². The molecule has 1 aliphatic heterocycles. The zero-order chi connectivity index (χ0) is 8.48. The van der Waals surface area contributed by atoms with E-state index in [-0.39, 0.29) is 5.60 Å². The average molecular weight is 154 g/mol. The summed E-state index contributed by atoms with van der Waals surface area (Å²) in [4.78, 5) is 0. The van der Waals surface area contributed by atoms with E-state index in [0.29, 0.717) is 12.0 Å². The first-order chi connectivity index (χ1) is 5.07. The van der Waals surface area contributed by atoms with Crippen molar-refractivity contribution in [2.24, 2.45) is 5.92 Å². The molecule has 0 amide bonds. The molecule has 0 aliphatic carbocycles. The second kappa shape index (κ2) is 2.98. The maximum Gasteiger partial charge on any atom is 0.0836 e. The standard InChI is InChI=1S/C10H18O/c1-5-10(4)7-6-9(11-10)8(2)3/h5,8-9H,1,6-7H2,2-4H3. The van der Waals surface area contributed by atoms with E-state index in [1.54, 1.807) is 0 Å². The van der Waals surface area contributed by atoms with Gasteiger partial charge >= 0.3 is 0 Å². The van der Waals surface area contributed by atoms with Gasteiger partial charge in [-0.25, -0.2) is 0 Å². The van der Waals surface area contributed by atoms with Gasteiger partial charge < -0.3 is 4.74 Å². The van der Waals surface area contributed by atoms with Gasteiger partial charge in [0.1, 0.15) is 0 Å². The molecule has 64 valence electrons. The van der Waals surface area contributed by atoms with Gasteiger partial charge in [0.05, 0.1) is 11.7 Å². The highest BCUT2D eigenvalue weighted by atomic mass is 16.5. The van der Waals surface area contributed by atoms with Crippen LogP contribution >= 0.6 is 0 Å².